The van der Waals surface area contributed by atoms with Crippen LogP contribution in [-0.4, -0.2) is 30.2 Å². The number of aryl methyl sites for hydroxylation is 1. The molecule has 0 spiro atoms. The number of aromatic nitrogens is 1. The third-order valence-corrected chi connectivity index (χ3v) is 2.84. The van der Waals surface area contributed by atoms with Crippen molar-refractivity contribution in [2.75, 3.05) is 12.4 Å². The normalized spacial score (nSPS) is 11.6. The minimum Gasteiger partial charge on any atom is -0.497 e. The number of carbonyl (C=O) groups excluding carboxylic acids is 2. The van der Waals surface area contributed by atoms with Crippen LogP contribution in [0, 0.1) is 6.92 Å². The summed E-state index contributed by atoms with van der Waals surface area (Å²) in [6.07, 6.45) is -0.976. The van der Waals surface area contributed by atoms with Crippen LogP contribution >= 0.6 is 0 Å². The Morgan fingerprint density at radius 2 is 2.09 bits per heavy atom. The summed E-state index contributed by atoms with van der Waals surface area (Å²) >= 11 is 0. The lowest BCUT2D eigenvalue weighted by Crippen LogP contribution is -2.30. The van der Waals surface area contributed by atoms with Crippen molar-refractivity contribution < 1.29 is 23.6 Å². The van der Waals surface area contributed by atoms with E-state index in [1.165, 1.54) is 20.1 Å². The summed E-state index contributed by atoms with van der Waals surface area (Å²) in [5, 5.41) is 6.13. The summed E-state index contributed by atoms with van der Waals surface area (Å²) in [4.78, 5) is 23.9. The Hall–Kier alpha value is -2.83. The molecule has 0 bridgehead atoms. The maximum Gasteiger partial charge on any atom is 0.339 e. The molecule has 1 aromatic carbocycles. The van der Waals surface area contributed by atoms with E-state index in [2.05, 4.69) is 10.5 Å². The van der Waals surface area contributed by atoms with E-state index in [1.807, 2.05) is 0 Å². The lowest BCUT2D eigenvalue weighted by atomic mass is 10.2. The van der Waals surface area contributed by atoms with Crippen LogP contribution in [-0.2, 0) is 9.53 Å². The van der Waals surface area contributed by atoms with Gasteiger partial charge >= 0.3 is 5.97 Å². The number of methoxy groups -OCH3 is 1. The summed E-state index contributed by atoms with van der Waals surface area (Å²) < 4.78 is 15.0. The van der Waals surface area contributed by atoms with E-state index in [0.29, 0.717) is 17.1 Å². The topological polar surface area (TPSA) is 90.7 Å². The minimum atomic E-state index is -0.976. The molecule has 7 nitrogen and oxygen atoms in total. The fourth-order valence-corrected chi connectivity index (χ4v) is 1.69. The lowest BCUT2D eigenvalue weighted by Gasteiger charge is -2.12. The summed E-state index contributed by atoms with van der Waals surface area (Å²) in [6.45, 7) is 3.18. The maximum atomic E-state index is 12.0. The van der Waals surface area contributed by atoms with E-state index in [-0.39, 0.29) is 5.82 Å². The average molecular weight is 304 g/mol. The average Bonchev–Trinajstić information content (AvgIpc) is 2.92. The number of nitrogens with one attached hydrogen (secondary N) is 1. The van der Waals surface area contributed by atoms with E-state index in [0.717, 1.165) is 0 Å². The van der Waals surface area contributed by atoms with Crippen LogP contribution in [0.3, 0.4) is 0 Å². The van der Waals surface area contributed by atoms with Gasteiger partial charge in [0.05, 0.1) is 12.7 Å². The Morgan fingerprint density at radius 3 is 2.73 bits per heavy atom. The number of hydrogen-bond acceptors (Lipinski definition) is 6. The number of ether oxygens (including phenoxy) is 2. The van der Waals surface area contributed by atoms with Crippen LogP contribution in [0.4, 0.5) is 5.82 Å². The van der Waals surface area contributed by atoms with Crippen molar-refractivity contribution in [1.82, 2.24) is 5.16 Å². The number of amides is 1. The van der Waals surface area contributed by atoms with E-state index >= 15 is 0 Å². The molecule has 0 aliphatic rings. The molecule has 7 heteroatoms. The number of esters is 1. The fraction of sp³-hybridized carbons (Fsp3) is 0.267. The van der Waals surface area contributed by atoms with E-state index < -0.39 is 18.0 Å². The number of carbonyl (C=O) groups is 2. The third-order valence-electron chi connectivity index (χ3n) is 2.84. The number of rotatable bonds is 5. The zero-order valence-electron chi connectivity index (χ0n) is 12.5. The van der Waals surface area contributed by atoms with Gasteiger partial charge < -0.3 is 19.3 Å². The molecule has 1 N–H and O–H groups in total. The quantitative estimate of drug-likeness (QED) is 0.851. The maximum absolute atomic E-state index is 12.0. The Labute approximate surface area is 127 Å². The van der Waals surface area contributed by atoms with Crippen LogP contribution in [0.1, 0.15) is 23.0 Å². The second kappa shape index (κ2) is 6.75. The minimum absolute atomic E-state index is 0.270. The Balaban J connectivity index is 1.96. The van der Waals surface area contributed by atoms with Gasteiger partial charge in [0.15, 0.2) is 11.9 Å². The first-order valence-corrected chi connectivity index (χ1v) is 6.59. The second-order valence-corrected chi connectivity index (χ2v) is 4.59. The van der Waals surface area contributed by atoms with Crippen molar-refractivity contribution in [3.63, 3.8) is 0 Å². The molecule has 0 saturated heterocycles. The first-order chi connectivity index (χ1) is 10.5. The van der Waals surface area contributed by atoms with E-state index in [9.17, 15) is 9.59 Å². The summed E-state index contributed by atoms with van der Waals surface area (Å²) in [5.41, 5.74) is 0.302. The van der Waals surface area contributed by atoms with Crippen LogP contribution in [0.5, 0.6) is 5.75 Å². The van der Waals surface area contributed by atoms with Gasteiger partial charge in [-0.2, -0.15) is 0 Å². The predicted molar refractivity (Wildman–Crippen MR) is 77.7 cm³/mol. The fourth-order valence-electron chi connectivity index (χ4n) is 1.69. The molecule has 0 unspecified atom stereocenters. The Morgan fingerprint density at radius 1 is 1.32 bits per heavy atom. The van der Waals surface area contributed by atoms with Crippen molar-refractivity contribution in [1.29, 1.82) is 0 Å². The number of benzene rings is 1. The van der Waals surface area contributed by atoms with Gasteiger partial charge in [-0.1, -0.05) is 11.2 Å². The zero-order chi connectivity index (χ0) is 16.1. The monoisotopic (exact) mass is 304 g/mol. The smallest absolute Gasteiger partial charge is 0.339 e. The van der Waals surface area contributed by atoms with Crippen molar-refractivity contribution in [3.05, 3.63) is 41.7 Å². The van der Waals surface area contributed by atoms with Crippen LogP contribution in [0.15, 0.2) is 34.9 Å². The van der Waals surface area contributed by atoms with Gasteiger partial charge in [-0.3, -0.25) is 4.79 Å². The SMILES string of the molecule is COc1cccc(C(=O)O[C@@H](C)C(=O)Nc2cc(C)on2)c1. The third kappa shape index (κ3) is 3.85. The first kappa shape index (κ1) is 15.6. The van der Waals surface area contributed by atoms with Gasteiger partial charge in [0.1, 0.15) is 11.5 Å². The first-order valence-electron chi connectivity index (χ1n) is 6.59. The Kier molecular flexibility index (Phi) is 4.77. The molecule has 2 rings (SSSR count). The Bertz CT molecular complexity index is 680. The highest BCUT2D eigenvalue weighted by Crippen LogP contribution is 2.14. The van der Waals surface area contributed by atoms with Gasteiger partial charge in [-0.05, 0) is 32.0 Å². The zero-order valence-corrected chi connectivity index (χ0v) is 12.5. The number of nitrogens with zero attached hydrogens (tertiary/aromatic N) is 1. The van der Waals surface area contributed by atoms with Gasteiger partial charge in [0, 0.05) is 6.07 Å². The van der Waals surface area contributed by atoms with Crippen LogP contribution < -0.4 is 10.1 Å². The molecule has 1 amide bonds. The summed E-state index contributed by atoms with van der Waals surface area (Å²) in [6, 6.07) is 8.05. The summed E-state index contributed by atoms with van der Waals surface area (Å²) in [5.74, 6) is 0.259. The van der Waals surface area contributed by atoms with Crippen molar-refractivity contribution >= 4 is 17.7 Å². The van der Waals surface area contributed by atoms with Crippen LogP contribution in [0.25, 0.3) is 0 Å². The number of anilines is 1. The van der Waals surface area contributed by atoms with Gasteiger partial charge in [0.25, 0.3) is 5.91 Å². The highest BCUT2D eigenvalue weighted by molar-refractivity contribution is 5.96. The summed E-state index contributed by atoms with van der Waals surface area (Å²) in [7, 11) is 1.50. The highest BCUT2D eigenvalue weighted by atomic mass is 16.5. The molecular formula is C15H16N2O5. The standard InChI is InChI=1S/C15H16N2O5/c1-9-7-13(17-22-9)16-14(18)10(2)21-15(19)11-5-4-6-12(8-11)20-3/h4-8,10H,1-3H3,(H,16,17,18)/t10-/m0/s1. The van der Waals surface area contributed by atoms with Gasteiger partial charge in [-0.25, -0.2) is 4.79 Å². The number of hydrogen-bond donors (Lipinski definition) is 1. The van der Waals surface area contributed by atoms with E-state index in [4.69, 9.17) is 14.0 Å². The van der Waals surface area contributed by atoms with Crippen molar-refractivity contribution in [2.45, 2.75) is 20.0 Å². The second-order valence-electron chi connectivity index (χ2n) is 4.59. The van der Waals surface area contributed by atoms with E-state index in [1.54, 1.807) is 31.2 Å². The van der Waals surface area contributed by atoms with Gasteiger partial charge in [0.2, 0.25) is 0 Å². The van der Waals surface area contributed by atoms with Gasteiger partial charge in [-0.15, -0.1) is 0 Å². The molecule has 0 aliphatic heterocycles. The molecule has 0 saturated carbocycles. The van der Waals surface area contributed by atoms with Crippen molar-refractivity contribution in [3.8, 4) is 5.75 Å². The molecule has 1 aromatic heterocycles. The molecular weight excluding hydrogens is 288 g/mol. The predicted octanol–water partition coefficient (Wildman–Crippen LogP) is 2.18. The highest BCUT2D eigenvalue weighted by Gasteiger charge is 2.20. The molecule has 1 heterocycles. The largest absolute Gasteiger partial charge is 0.497 e. The molecule has 2 aromatic rings. The molecule has 22 heavy (non-hydrogen) atoms. The molecule has 0 radical (unpaired) electrons. The molecule has 1 atom stereocenters. The van der Waals surface area contributed by atoms with Crippen molar-refractivity contribution in [2.24, 2.45) is 0 Å². The van der Waals surface area contributed by atoms with Crippen LogP contribution in [0.2, 0.25) is 0 Å². The molecule has 0 fully saturated rings. The molecule has 0 aliphatic carbocycles. The molecule has 116 valence electrons. The lowest BCUT2D eigenvalue weighted by molar-refractivity contribution is -0.123.